The molecule has 0 aliphatic heterocycles. The van der Waals surface area contributed by atoms with E-state index in [0.717, 1.165) is 39.5 Å². The molecule has 0 unspecified atom stereocenters. The molecule has 0 saturated carbocycles. The quantitative estimate of drug-likeness (QED) is 0.462. The lowest BCUT2D eigenvalue weighted by Crippen LogP contribution is -2.23. The van der Waals surface area contributed by atoms with Gasteiger partial charge in [0, 0.05) is 12.3 Å². The normalized spacial score (nSPS) is 11.3. The first kappa shape index (κ1) is 22.5. The molecule has 0 aliphatic rings. The van der Waals surface area contributed by atoms with E-state index in [-0.39, 0.29) is 17.4 Å². The number of ether oxygens (including phenoxy) is 1. The number of nitrogens with zero attached hydrogens (tertiary/aromatic N) is 2. The number of hydrogen-bond donors (Lipinski definition) is 0. The summed E-state index contributed by atoms with van der Waals surface area (Å²) in [5, 5.41) is 1.78. The maximum atomic E-state index is 13.0. The predicted octanol–water partition coefficient (Wildman–Crippen LogP) is 5.82. The van der Waals surface area contributed by atoms with Gasteiger partial charge in [-0.25, -0.2) is 9.78 Å². The highest BCUT2D eigenvalue weighted by Gasteiger charge is 2.31. The molecule has 3 aromatic rings. The molecule has 0 bridgehead atoms. The number of amides is 1. The average molecular weight is 448 g/mol. The number of halogens is 3. The largest absolute Gasteiger partial charge is 0.456 e. The number of esters is 1. The van der Waals surface area contributed by atoms with Gasteiger partial charge in [0.2, 0.25) is 5.91 Å². The van der Waals surface area contributed by atoms with E-state index in [1.165, 1.54) is 19.1 Å². The zero-order valence-electron chi connectivity index (χ0n) is 17.0. The minimum atomic E-state index is -4.53. The first-order chi connectivity index (χ1) is 14.6. The maximum absolute atomic E-state index is 13.0. The topological polar surface area (TPSA) is 59.5 Å². The van der Waals surface area contributed by atoms with E-state index in [1.54, 1.807) is 17.5 Å². The fourth-order valence-electron chi connectivity index (χ4n) is 2.90. The van der Waals surface area contributed by atoms with E-state index in [4.69, 9.17) is 4.74 Å². The fourth-order valence-corrected chi connectivity index (χ4v) is 3.77. The molecule has 5 nitrogen and oxygen atoms in total. The minimum Gasteiger partial charge on any atom is -0.456 e. The van der Waals surface area contributed by atoms with Crippen molar-refractivity contribution in [2.75, 3.05) is 4.90 Å². The Morgan fingerprint density at radius 1 is 1.13 bits per heavy atom. The standard InChI is InChI=1S/C22H19F3N2O3S/c1-13-6-4-9-19(14(13)2)20(29)30-11-17-12-31-21(26-17)27(15(3)28)18-8-5-7-16(10-18)22(23,24)25/h4-10,12H,11H2,1-3H3. The van der Waals surface area contributed by atoms with Gasteiger partial charge in [-0.05, 0) is 49.2 Å². The summed E-state index contributed by atoms with van der Waals surface area (Å²) in [6.45, 7) is 4.83. The van der Waals surface area contributed by atoms with E-state index in [2.05, 4.69) is 4.98 Å². The molecule has 162 valence electrons. The second kappa shape index (κ2) is 8.89. The Hall–Kier alpha value is -3.20. The lowest BCUT2D eigenvalue weighted by Gasteiger charge is -2.19. The third-order valence-electron chi connectivity index (χ3n) is 4.65. The SMILES string of the molecule is CC(=O)N(c1cccc(C(F)(F)F)c1)c1nc(COC(=O)c2cccc(C)c2C)cs1. The van der Waals surface area contributed by atoms with Gasteiger partial charge in [-0.15, -0.1) is 11.3 Å². The van der Waals surface area contributed by atoms with Crippen molar-refractivity contribution < 1.29 is 27.5 Å². The maximum Gasteiger partial charge on any atom is 0.416 e. The molecule has 9 heteroatoms. The van der Waals surface area contributed by atoms with Crippen LogP contribution < -0.4 is 4.90 Å². The predicted molar refractivity (Wildman–Crippen MR) is 111 cm³/mol. The van der Waals surface area contributed by atoms with Crippen molar-refractivity contribution in [2.45, 2.75) is 33.6 Å². The van der Waals surface area contributed by atoms with Gasteiger partial charge in [-0.3, -0.25) is 9.69 Å². The highest BCUT2D eigenvalue weighted by atomic mass is 32.1. The minimum absolute atomic E-state index is 0.0515. The number of alkyl halides is 3. The van der Waals surface area contributed by atoms with Gasteiger partial charge in [-0.1, -0.05) is 18.2 Å². The van der Waals surface area contributed by atoms with Crippen LogP contribution in [0.5, 0.6) is 0 Å². The van der Waals surface area contributed by atoms with Crippen LogP contribution in [0.1, 0.15) is 39.7 Å². The number of hydrogen-bond acceptors (Lipinski definition) is 5. The summed E-state index contributed by atoms with van der Waals surface area (Å²) in [5.74, 6) is -0.996. The molecule has 0 fully saturated rings. The Labute approximate surface area is 181 Å². The lowest BCUT2D eigenvalue weighted by atomic mass is 10.0. The van der Waals surface area contributed by atoms with Gasteiger partial charge >= 0.3 is 12.1 Å². The van der Waals surface area contributed by atoms with Gasteiger partial charge in [0.1, 0.15) is 6.61 Å². The van der Waals surface area contributed by atoms with Crippen molar-refractivity contribution in [3.8, 4) is 0 Å². The number of rotatable bonds is 5. The summed E-state index contributed by atoms with van der Waals surface area (Å²) in [7, 11) is 0. The zero-order valence-corrected chi connectivity index (χ0v) is 17.8. The Bertz CT molecular complexity index is 1130. The van der Waals surface area contributed by atoms with E-state index in [1.807, 2.05) is 19.9 Å². The Morgan fingerprint density at radius 2 is 1.84 bits per heavy atom. The Balaban J connectivity index is 1.79. The van der Waals surface area contributed by atoms with Gasteiger partial charge in [0.25, 0.3) is 0 Å². The van der Waals surface area contributed by atoms with Crippen molar-refractivity contribution >= 4 is 34.0 Å². The monoisotopic (exact) mass is 448 g/mol. The highest BCUT2D eigenvalue weighted by molar-refractivity contribution is 7.14. The number of anilines is 2. The molecule has 0 saturated heterocycles. The van der Waals surface area contributed by atoms with Crippen LogP contribution >= 0.6 is 11.3 Å². The number of carbonyl (C=O) groups is 2. The number of aryl methyl sites for hydroxylation is 1. The van der Waals surface area contributed by atoms with Gasteiger partial charge in [-0.2, -0.15) is 13.2 Å². The highest BCUT2D eigenvalue weighted by Crippen LogP contribution is 2.35. The molecule has 1 heterocycles. The summed E-state index contributed by atoms with van der Waals surface area (Å²) >= 11 is 1.07. The second-order valence-electron chi connectivity index (χ2n) is 6.85. The molecule has 0 radical (unpaired) electrons. The molecule has 1 amide bonds. The third-order valence-corrected chi connectivity index (χ3v) is 5.53. The summed E-state index contributed by atoms with van der Waals surface area (Å²) in [6, 6.07) is 9.78. The Morgan fingerprint density at radius 3 is 2.52 bits per heavy atom. The van der Waals surface area contributed by atoms with Crippen molar-refractivity contribution in [3.63, 3.8) is 0 Å². The Kier molecular flexibility index (Phi) is 6.45. The molecule has 1 aromatic heterocycles. The molecule has 0 atom stereocenters. The average Bonchev–Trinajstić information content (AvgIpc) is 3.16. The van der Waals surface area contributed by atoms with E-state index in [0.29, 0.717) is 11.3 Å². The van der Waals surface area contributed by atoms with Crippen molar-refractivity contribution in [1.29, 1.82) is 0 Å². The molecule has 3 rings (SSSR count). The molecule has 0 spiro atoms. The van der Waals surface area contributed by atoms with Gasteiger partial charge in [0.05, 0.1) is 22.5 Å². The number of aromatic nitrogens is 1. The van der Waals surface area contributed by atoms with Crippen LogP contribution in [0, 0.1) is 13.8 Å². The van der Waals surface area contributed by atoms with E-state index >= 15 is 0 Å². The fraction of sp³-hybridized carbons (Fsp3) is 0.227. The van der Waals surface area contributed by atoms with E-state index in [9.17, 15) is 22.8 Å². The first-order valence-electron chi connectivity index (χ1n) is 9.23. The summed E-state index contributed by atoms with van der Waals surface area (Å²) in [6.07, 6.45) is -4.53. The lowest BCUT2D eigenvalue weighted by molar-refractivity contribution is -0.137. The molecular formula is C22H19F3N2O3S. The van der Waals surface area contributed by atoms with Crippen LogP contribution in [-0.2, 0) is 22.3 Å². The van der Waals surface area contributed by atoms with Crippen LogP contribution in [-0.4, -0.2) is 16.9 Å². The van der Waals surface area contributed by atoms with Crippen LogP contribution in [0.4, 0.5) is 24.0 Å². The van der Waals surface area contributed by atoms with Gasteiger partial charge < -0.3 is 4.74 Å². The zero-order chi connectivity index (χ0) is 22.8. The molecule has 2 aromatic carbocycles. The molecule has 0 N–H and O–H groups in total. The van der Waals surface area contributed by atoms with Crippen molar-refractivity contribution in [1.82, 2.24) is 4.98 Å². The van der Waals surface area contributed by atoms with Crippen LogP contribution in [0.2, 0.25) is 0 Å². The van der Waals surface area contributed by atoms with Crippen LogP contribution in [0.15, 0.2) is 47.8 Å². The number of carbonyl (C=O) groups excluding carboxylic acids is 2. The number of thiazole rings is 1. The molecule has 31 heavy (non-hydrogen) atoms. The first-order valence-corrected chi connectivity index (χ1v) is 10.1. The summed E-state index contributed by atoms with van der Waals surface area (Å²) in [4.78, 5) is 29.9. The summed E-state index contributed by atoms with van der Waals surface area (Å²) < 4.78 is 44.5. The molecular weight excluding hydrogens is 429 g/mol. The molecule has 0 aliphatic carbocycles. The smallest absolute Gasteiger partial charge is 0.416 e. The number of benzene rings is 2. The summed E-state index contributed by atoms with van der Waals surface area (Å²) in [5.41, 5.74) is 1.80. The van der Waals surface area contributed by atoms with Crippen LogP contribution in [0.25, 0.3) is 0 Å². The third kappa shape index (κ3) is 5.11. The van der Waals surface area contributed by atoms with Crippen molar-refractivity contribution in [2.24, 2.45) is 0 Å². The van der Waals surface area contributed by atoms with Crippen LogP contribution in [0.3, 0.4) is 0 Å². The van der Waals surface area contributed by atoms with Crippen molar-refractivity contribution in [3.05, 3.63) is 75.8 Å². The second-order valence-corrected chi connectivity index (χ2v) is 7.68. The van der Waals surface area contributed by atoms with E-state index < -0.39 is 23.6 Å². The van der Waals surface area contributed by atoms with Gasteiger partial charge in [0.15, 0.2) is 5.13 Å².